The van der Waals surface area contributed by atoms with Gasteiger partial charge < -0.3 is 19.5 Å². The minimum atomic E-state index is -0.714. The molecule has 0 amide bonds. The van der Waals surface area contributed by atoms with Crippen LogP contribution in [0.4, 0.5) is 0 Å². The standard InChI is InChI=1S/C18H21NO3.BrH/c1-20-16-9-5-6-10-17(16)22-18(14-19-11-12-21-18)13-15-7-3-2-4-8-15;/h2-10,19H,11-14H2,1H3;1H. The lowest BCUT2D eigenvalue weighted by molar-refractivity contribution is -0.194. The summed E-state index contributed by atoms with van der Waals surface area (Å²) in [6.07, 6.45) is 0.679. The molecule has 1 aliphatic heterocycles. The van der Waals surface area contributed by atoms with Crippen molar-refractivity contribution < 1.29 is 14.2 Å². The summed E-state index contributed by atoms with van der Waals surface area (Å²) in [7, 11) is 1.64. The molecule has 1 unspecified atom stereocenters. The molecule has 2 aromatic carbocycles. The highest BCUT2D eigenvalue weighted by Gasteiger charge is 2.36. The van der Waals surface area contributed by atoms with Crippen molar-refractivity contribution in [1.29, 1.82) is 0 Å². The fourth-order valence-electron chi connectivity index (χ4n) is 2.66. The summed E-state index contributed by atoms with van der Waals surface area (Å²) in [5, 5.41) is 3.36. The zero-order chi connectivity index (χ0) is 15.3. The van der Waals surface area contributed by atoms with Crippen LogP contribution in [0.25, 0.3) is 0 Å². The highest BCUT2D eigenvalue weighted by atomic mass is 79.9. The molecular formula is C18H22BrNO3. The summed E-state index contributed by atoms with van der Waals surface area (Å²) in [6.45, 7) is 2.10. The zero-order valence-electron chi connectivity index (χ0n) is 13.2. The predicted molar refractivity (Wildman–Crippen MR) is 95.6 cm³/mol. The number of hydrogen-bond acceptors (Lipinski definition) is 4. The first-order chi connectivity index (χ1) is 10.8. The summed E-state index contributed by atoms with van der Waals surface area (Å²) in [5.74, 6) is 0.697. The van der Waals surface area contributed by atoms with Crippen molar-refractivity contribution in [3.63, 3.8) is 0 Å². The largest absolute Gasteiger partial charge is 0.493 e. The van der Waals surface area contributed by atoms with E-state index in [0.29, 0.717) is 31.1 Å². The molecule has 0 radical (unpaired) electrons. The van der Waals surface area contributed by atoms with Crippen LogP contribution in [0.3, 0.4) is 0 Å². The number of hydrogen-bond donors (Lipinski definition) is 1. The maximum atomic E-state index is 6.26. The van der Waals surface area contributed by atoms with Crippen LogP contribution in [0.1, 0.15) is 5.56 Å². The summed E-state index contributed by atoms with van der Waals surface area (Å²) >= 11 is 0. The third-order valence-corrected chi connectivity index (χ3v) is 3.72. The molecule has 4 nitrogen and oxygen atoms in total. The van der Waals surface area contributed by atoms with Crippen LogP contribution in [-0.4, -0.2) is 32.6 Å². The Morgan fingerprint density at radius 3 is 2.39 bits per heavy atom. The molecule has 23 heavy (non-hydrogen) atoms. The Labute approximate surface area is 147 Å². The molecule has 1 heterocycles. The van der Waals surface area contributed by atoms with Crippen LogP contribution in [0.2, 0.25) is 0 Å². The van der Waals surface area contributed by atoms with Gasteiger partial charge >= 0.3 is 0 Å². The van der Waals surface area contributed by atoms with Gasteiger partial charge in [-0.1, -0.05) is 42.5 Å². The van der Waals surface area contributed by atoms with Gasteiger partial charge in [0.15, 0.2) is 11.5 Å². The van der Waals surface area contributed by atoms with Gasteiger partial charge in [0.1, 0.15) is 0 Å². The summed E-state index contributed by atoms with van der Waals surface area (Å²) in [4.78, 5) is 0. The Hall–Kier alpha value is -1.56. The van der Waals surface area contributed by atoms with E-state index in [4.69, 9.17) is 14.2 Å². The SMILES string of the molecule is Br.COc1ccccc1OC1(Cc2ccccc2)CNCCO1. The first-order valence-corrected chi connectivity index (χ1v) is 7.52. The Kier molecular flexibility index (Phi) is 6.45. The van der Waals surface area contributed by atoms with Crippen molar-refractivity contribution in [1.82, 2.24) is 5.32 Å². The minimum Gasteiger partial charge on any atom is -0.493 e. The average molecular weight is 380 g/mol. The normalized spacial score (nSPS) is 20.4. The Morgan fingerprint density at radius 2 is 1.74 bits per heavy atom. The average Bonchev–Trinajstić information content (AvgIpc) is 2.57. The van der Waals surface area contributed by atoms with Crippen molar-refractivity contribution in [2.45, 2.75) is 12.2 Å². The van der Waals surface area contributed by atoms with E-state index in [9.17, 15) is 0 Å². The monoisotopic (exact) mass is 379 g/mol. The van der Waals surface area contributed by atoms with E-state index in [-0.39, 0.29) is 17.0 Å². The molecule has 1 saturated heterocycles. The molecular weight excluding hydrogens is 358 g/mol. The van der Waals surface area contributed by atoms with Crippen molar-refractivity contribution in [3.8, 4) is 11.5 Å². The Balaban J connectivity index is 0.00000192. The van der Waals surface area contributed by atoms with Gasteiger partial charge in [0.05, 0.1) is 20.3 Å². The molecule has 1 fully saturated rings. The Bertz CT molecular complexity index is 600. The molecule has 1 atom stereocenters. The van der Waals surface area contributed by atoms with Crippen LogP contribution in [0.15, 0.2) is 54.6 Å². The van der Waals surface area contributed by atoms with Crippen LogP contribution in [0.5, 0.6) is 11.5 Å². The summed E-state index contributed by atoms with van der Waals surface area (Å²) in [5.41, 5.74) is 1.18. The predicted octanol–water partition coefficient (Wildman–Crippen LogP) is 3.21. The fraction of sp³-hybridized carbons (Fsp3) is 0.333. The second-order valence-corrected chi connectivity index (χ2v) is 5.35. The Morgan fingerprint density at radius 1 is 1.04 bits per heavy atom. The van der Waals surface area contributed by atoms with E-state index >= 15 is 0 Å². The third-order valence-electron chi connectivity index (χ3n) is 3.72. The van der Waals surface area contributed by atoms with Crippen LogP contribution < -0.4 is 14.8 Å². The molecule has 0 saturated carbocycles. The van der Waals surface area contributed by atoms with E-state index in [2.05, 4.69) is 17.4 Å². The maximum Gasteiger partial charge on any atom is 0.227 e. The summed E-state index contributed by atoms with van der Waals surface area (Å²) in [6, 6.07) is 17.9. The quantitative estimate of drug-likeness (QED) is 0.865. The summed E-state index contributed by atoms with van der Waals surface area (Å²) < 4.78 is 17.7. The highest BCUT2D eigenvalue weighted by molar-refractivity contribution is 8.93. The van der Waals surface area contributed by atoms with E-state index < -0.39 is 5.79 Å². The van der Waals surface area contributed by atoms with E-state index in [1.807, 2.05) is 42.5 Å². The maximum absolute atomic E-state index is 6.26. The molecule has 1 N–H and O–H groups in total. The second-order valence-electron chi connectivity index (χ2n) is 5.35. The van der Waals surface area contributed by atoms with Crippen LogP contribution in [0, 0.1) is 0 Å². The molecule has 3 rings (SSSR count). The van der Waals surface area contributed by atoms with Crippen molar-refractivity contribution >= 4 is 17.0 Å². The highest BCUT2D eigenvalue weighted by Crippen LogP contribution is 2.32. The molecule has 1 aliphatic rings. The van der Waals surface area contributed by atoms with Gasteiger partial charge in [0.25, 0.3) is 0 Å². The topological polar surface area (TPSA) is 39.7 Å². The van der Waals surface area contributed by atoms with Gasteiger partial charge in [-0.2, -0.15) is 0 Å². The van der Waals surface area contributed by atoms with Gasteiger partial charge in [-0.25, -0.2) is 0 Å². The molecule has 2 aromatic rings. The molecule has 5 heteroatoms. The number of halogens is 1. The number of morpholine rings is 1. The molecule has 0 aliphatic carbocycles. The number of benzene rings is 2. The lowest BCUT2D eigenvalue weighted by Crippen LogP contribution is -2.55. The number of para-hydroxylation sites is 2. The first kappa shape index (κ1) is 17.8. The van der Waals surface area contributed by atoms with Gasteiger partial charge in [-0.3, -0.25) is 0 Å². The van der Waals surface area contributed by atoms with E-state index in [1.165, 1.54) is 5.56 Å². The molecule has 124 valence electrons. The smallest absolute Gasteiger partial charge is 0.227 e. The lowest BCUT2D eigenvalue weighted by atomic mass is 10.0. The van der Waals surface area contributed by atoms with Gasteiger partial charge in [-0.05, 0) is 17.7 Å². The van der Waals surface area contributed by atoms with Gasteiger partial charge in [-0.15, -0.1) is 17.0 Å². The molecule has 0 bridgehead atoms. The van der Waals surface area contributed by atoms with Crippen molar-refractivity contribution in [2.24, 2.45) is 0 Å². The van der Waals surface area contributed by atoms with Crippen LogP contribution >= 0.6 is 17.0 Å². The van der Waals surface area contributed by atoms with Gasteiger partial charge in [0.2, 0.25) is 5.79 Å². The number of ether oxygens (including phenoxy) is 3. The second kappa shape index (κ2) is 8.34. The van der Waals surface area contributed by atoms with Gasteiger partial charge in [0, 0.05) is 13.0 Å². The third kappa shape index (κ3) is 4.47. The van der Waals surface area contributed by atoms with Crippen LogP contribution in [-0.2, 0) is 11.2 Å². The molecule has 0 aromatic heterocycles. The molecule has 0 spiro atoms. The zero-order valence-corrected chi connectivity index (χ0v) is 14.9. The number of methoxy groups -OCH3 is 1. The van der Waals surface area contributed by atoms with E-state index in [0.717, 1.165) is 6.54 Å². The first-order valence-electron chi connectivity index (χ1n) is 7.52. The number of nitrogens with one attached hydrogen (secondary N) is 1. The van der Waals surface area contributed by atoms with E-state index in [1.54, 1.807) is 7.11 Å². The number of rotatable bonds is 5. The lowest BCUT2D eigenvalue weighted by Gasteiger charge is -2.38. The van der Waals surface area contributed by atoms with Crippen molar-refractivity contribution in [3.05, 3.63) is 60.2 Å². The fourth-order valence-corrected chi connectivity index (χ4v) is 2.66. The van der Waals surface area contributed by atoms with Crippen molar-refractivity contribution in [2.75, 3.05) is 26.8 Å². The minimum absolute atomic E-state index is 0.